The summed E-state index contributed by atoms with van der Waals surface area (Å²) in [5.41, 5.74) is 1.46. The molecule has 0 saturated carbocycles. The fraction of sp³-hybridized carbons (Fsp3) is 0.364. The number of hydrogen-bond acceptors (Lipinski definition) is 3. The minimum atomic E-state index is -1.06. The van der Waals surface area contributed by atoms with Gasteiger partial charge in [0.05, 0.1) is 17.7 Å². The van der Waals surface area contributed by atoms with Gasteiger partial charge in [0, 0.05) is 13.1 Å². The normalized spacial score (nSPS) is 25.9. The van der Waals surface area contributed by atoms with Gasteiger partial charge in [-0.2, -0.15) is 5.26 Å². The molecule has 0 bridgehead atoms. The highest BCUT2D eigenvalue weighted by Gasteiger charge is 2.24. The standard InChI is InChI=1S/C11H12FN3/c12-11-10(14-5-6-15-11)9-3-1-8(7-13)2-4-9/h1-4,10-11,14-15H,5-6H2. The molecule has 0 aromatic heterocycles. The minimum Gasteiger partial charge on any atom is -0.305 e. The Kier molecular flexibility index (Phi) is 2.95. The first-order valence-electron chi connectivity index (χ1n) is 4.92. The third kappa shape index (κ3) is 2.14. The van der Waals surface area contributed by atoms with Crippen LogP contribution in [0.15, 0.2) is 24.3 Å². The molecule has 4 heteroatoms. The molecule has 2 N–H and O–H groups in total. The van der Waals surface area contributed by atoms with Gasteiger partial charge in [-0.3, -0.25) is 5.32 Å². The van der Waals surface area contributed by atoms with E-state index in [-0.39, 0.29) is 6.04 Å². The quantitative estimate of drug-likeness (QED) is 0.675. The van der Waals surface area contributed by atoms with Gasteiger partial charge in [0.25, 0.3) is 0 Å². The second-order valence-corrected chi connectivity index (χ2v) is 3.52. The van der Waals surface area contributed by atoms with Crippen LogP contribution in [0, 0.1) is 11.3 Å². The lowest BCUT2D eigenvalue weighted by Crippen LogP contribution is -2.48. The topological polar surface area (TPSA) is 47.9 Å². The summed E-state index contributed by atoms with van der Waals surface area (Å²) in [6.45, 7) is 1.40. The van der Waals surface area contributed by atoms with Gasteiger partial charge >= 0.3 is 0 Å². The van der Waals surface area contributed by atoms with Crippen LogP contribution in [0.3, 0.4) is 0 Å². The SMILES string of the molecule is N#Cc1ccc(C2NCCNC2F)cc1. The highest BCUT2D eigenvalue weighted by Crippen LogP contribution is 2.19. The highest BCUT2D eigenvalue weighted by atomic mass is 19.1. The first-order valence-corrected chi connectivity index (χ1v) is 4.92. The molecule has 0 spiro atoms. The summed E-state index contributed by atoms with van der Waals surface area (Å²) in [4.78, 5) is 0. The lowest BCUT2D eigenvalue weighted by atomic mass is 10.0. The van der Waals surface area contributed by atoms with Crippen LogP contribution in [0.25, 0.3) is 0 Å². The molecular weight excluding hydrogens is 193 g/mol. The van der Waals surface area contributed by atoms with Crippen LogP contribution in [-0.2, 0) is 0 Å². The molecule has 1 aromatic rings. The van der Waals surface area contributed by atoms with Crippen LogP contribution < -0.4 is 10.6 Å². The monoisotopic (exact) mass is 205 g/mol. The Morgan fingerprint density at radius 3 is 2.47 bits per heavy atom. The number of rotatable bonds is 1. The summed E-state index contributed by atoms with van der Waals surface area (Å²) >= 11 is 0. The van der Waals surface area contributed by atoms with Crippen molar-refractivity contribution in [1.29, 1.82) is 5.26 Å². The van der Waals surface area contributed by atoms with Crippen molar-refractivity contribution in [3.05, 3.63) is 35.4 Å². The van der Waals surface area contributed by atoms with E-state index in [1.807, 2.05) is 6.07 Å². The molecule has 78 valence electrons. The third-order valence-electron chi connectivity index (χ3n) is 2.52. The maximum absolute atomic E-state index is 13.5. The van der Waals surface area contributed by atoms with E-state index in [1.54, 1.807) is 24.3 Å². The van der Waals surface area contributed by atoms with Crippen molar-refractivity contribution in [3.8, 4) is 6.07 Å². The Morgan fingerprint density at radius 1 is 1.20 bits per heavy atom. The zero-order valence-corrected chi connectivity index (χ0v) is 8.20. The van der Waals surface area contributed by atoms with Gasteiger partial charge in [-0.25, -0.2) is 4.39 Å². The van der Waals surface area contributed by atoms with E-state index in [9.17, 15) is 4.39 Å². The molecule has 3 nitrogen and oxygen atoms in total. The van der Waals surface area contributed by atoms with Gasteiger partial charge in [-0.05, 0) is 17.7 Å². The number of nitrogens with zero attached hydrogens (tertiary/aromatic N) is 1. The lowest BCUT2D eigenvalue weighted by Gasteiger charge is -2.28. The second-order valence-electron chi connectivity index (χ2n) is 3.52. The molecule has 1 aliphatic rings. The molecule has 1 saturated heterocycles. The Bertz CT molecular complexity index is 368. The van der Waals surface area contributed by atoms with E-state index in [0.29, 0.717) is 12.1 Å². The number of nitriles is 1. The number of piperazine rings is 1. The van der Waals surface area contributed by atoms with Crippen molar-refractivity contribution in [3.63, 3.8) is 0 Å². The summed E-state index contributed by atoms with van der Waals surface area (Å²) < 4.78 is 13.5. The van der Waals surface area contributed by atoms with Crippen LogP contribution in [0.2, 0.25) is 0 Å². The zero-order valence-electron chi connectivity index (χ0n) is 8.20. The summed E-state index contributed by atoms with van der Waals surface area (Å²) in [6.07, 6.45) is -1.06. The van der Waals surface area contributed by atoms with Crippen molar-refractivity contribution >= 4 is 0 Å². The summed E-state index contributed by atoms with van der Waals surface area (Å²) in [6, 6.07) is 8.71. The molecule has 1 aromatic carbocycles. The third-order valence-corrected chi connectivity index (χ3v) is 2.52. The van der Waals surface area contributed by atoms with E-state index in [0.717, 1.165) is 12.1 Å². The van der Waals surface area contributed by atoms with Crippen LogP contribution in [0.5, 0.6) is 0 Å². The van der Waals surface area contributed by atoms with Gasteiger partial charge in [0.15, 0.2) is 6.30 Å². The maximum Gasteiger partial charge on any atom is 0.170 e. The van der Waals surface area contributed by atoms with Crippen molar-refractivity contribution in [2.45, 2.75) is 12.3 Å². The van der Waals surface area contributed by atoms with Crippen molar-refractivity contribution in [2.75, 3.05) is 13.1 Å². The van der Waals surface area contributed by atoms with Gasteiger partial charge in [-0.15, -0.1) is 0 Å². The zero-order chi connectivity index (χ0) is 10.7. The van der Waals surface area contributed by atoms with E-state index < -0.39 is 6.30 Å². The minimum absolute atomic E-state index is 0.313. The molecule has 0 radical (unpaired) electrons. The van der Waals surface area contributed by atoms with Gasteiger partial charge < -0.3 is 5.32 Å². The van der Waals surface area contributed by atoms with E-state index >= 15 is 0 Å². The fourth-order valence-electron chi connectivity index (χ4n) is 1.71. The van der Waals surface area contributed by atoms with Crippen molar-refractivity contribution in [1.82, 2.24) is 10.6 Å². The Balaban J connectivity index is 2.18. The number of hydrogen-bond donors (Lipinski definition) is 2. The molecule has 0 aliphatic carbocycles. The average molecular weight is 205 g/mol. The molecular formula is C11H12FN3. The number of alkyl halides is 1. The van der Waals surface area contributed by atoms with E-state index in [2.05, 4.69) is 10.6 Å². The Labute approximate surface area is 87.9 Å². The van der Waals surface area contributed by atoms with Crippen LogP contribution in [0.4, 0.5) is 4.39 Å². The smallest absolute Gasteiger partial charge is 0.170 e. The predicted octanol–water partition coefficient (Wildman–Crippen LogP) is 1.09. The highest BCUT2D eigenvalue weighted by molar-refractivity contribution is 5.33. The van der Waals surface area contributed by atoms with Crippen LogP contribution in [-0.4, -0.2) is 19.4 Å². The first kappa shape index (κ1) is 10.1. The van der Waals surface area contributed by atoms with Crippen molar-refractivity contribution < 1.29 is 4.39 Å². The second kappa shape index (κ2) is 4.39. The van der Waals surface area contributed by atoms with E-state index in [1.165, 1.54) is 0 Å². The summed E-state index contributed by atoms with van der Waals surface area (Å²) in [5.74, 6) is 0. The molecule has 1 aliphatic heterocycles. The van der Waals surface area contributed by atoms with Gasteiger partial charge in [0.2, 0.25) is 0 Å². The lowest BCUT2D eigenvalue weighted by molar-refractivity contribution is 0.177. The number of benzene rings is 1. The largest absolute Gasteiger partial charge is 0.305 e. The van der Waals surface area contributed by atoms with Crippen LogP contribution >= 0.6 is 0 Å². The molecule has 15 heavy (non-hydrogen) atoms. The fourth-order valence-corrected chi connectivity index (χ4v) is 1.71. The number of nitrogens with one attached hydrogen (secondary N) is 2. The Morgan fingerprint density at radius 2 is 1.87 bits per heavy atom. The molecule has 2 atom stereocenters. The maximum atomic E-state index is 13.5. The Hall–Kier alpha value is -1.44. The van der Waals surface area contributed by atoms with Crippen molar-refractivity contribution in [2.24, 2.45) is 0 Å². The van der Waals surface area contributed by atoms with E-state index in [4.69, 9.17) is 5.26 Å². The predicted molar refractivity (Wildman–Crippen MR) is 54.8 cm³/mol. The van der Waals surface area contributed by atoms with Gasteiger partial charge in [-0.1, -0.05) is 12.1 Å². The average Bonchev–Trinajstić information content (AvgIpc) is 2.30. The summed E-state index contributed by atoms with van der Waals surface area (Å²) in [7, 11) is 0. The molecule has 1 fully saturated rings. The number of halogens is 1. The molecule has 2 unspecified atom stereocenters. The molecule has 2 rings (SSSR count). The van der Waals surface area contributed by atoms with Crippen LogP contribution in [0.1, 0.15) is 17.2 Å². The molecule has 1 heterocycles. The van der Waals surface area contributed by atoms with Gasteiger partial charge in [0.1, 0.15) is 0 Å². The summed E-state index contributed by atoms with van der Waals surface area (Å²) in [5, 5.41) is 14.5. The molecule has 0 amide bonds. The first-order chi connectivity index (χ1) is 7.31.